The maximum atomic E-state index is 12.4. The third-order valence-corrected chi connectivity index (χ3v) is 4.10. The first-order valence-electron chi connectivity index (χ1n) is 8.20. The van der Waals surface area contributed by atoms with E-state index in [1.165, 1.54) is 12.1 Å². The van der Waals surface area contributed by atoms with E-state index in [9.17, 15) is 9.59 Å². The van der Waals surface area contributed by atoms with Gasteiger partial charge < -0.3 is 9.73 Å². The summed E-state index contributed by atoms with van der Waals surface area (Å²) in [6.45, 7) is 0. The minimum atomic E-state index is -0.396. The Morgan fingerprint density at radius 3 is 2.19 bits per heavy atom. The lowest BCUT2D eigenvalue weighted by Crippen LogP contribution is -2.11. The van der Waals surface area contributed by atoms with Gasteiger partial charge in [0.15, 0.2) is 11.5 Å². The van der Waals surface area contributed by atoms with Crippen LogP contribution in [0.1, 0.15) is 26.7 Å². The molecule has 0 radical (unpaired) electrons. The smallest absolute Gasteiger partial charge is 0.291 e. The molecule has 1 heterocycles. The fourth-order valence-electron chi connectivity index (χ4n) is 2.77. The molecule has 0 unspecified atom stereocenters. The Morgan fingerprint density at radius 2 is 1.38 bits per heavy atom. The van der Waals surface area contributed by atoms with Gasteiger partial charge in [0.2, 0.25) is 5.78 Å². The lowest BCUT2D eigenvalue weighted by atomic mass is 10.1. The van der Waals surface area contributed by atoms with E-state index in [-0.39, 0.29) is 17.3 Å². The summed E-state index contributed by atoms with van der Waals surface area (Å²) in [5.74, 6) is -0.417. The predicted molar refractivity (Wildman–Crippen MR) is 100 cm³/mol. The van der Waals surface area contributed by atoms with E-state index in [2.05, 4.69) is 5.32 Å². The van der Waals surface area contributed by atoms with Crippen molar-refractivity contribution < 1.29 is 14.0 Å². The predicted octanol–water partition coefficient (Wildman–Crippen LogP) is 4.92. The fourth-order valence-corrected chi connectivity index (χ4v) is 2.77. The molecule has 4 nitrogen and oxygen atoms in total. The van der Waals surface area contributed by atoms with Crippen LogP contribution in [0.3, 0.4) is 0 Å². The number of amides is 1. The SMILES string of the molecule is O=C(Nc1ccc2ccccc2c1)c1ccc(C(=O)c2ccccc2)o1. The van der Waals surface area contributed by atoms with Crippen molar-refractivity contribution in [3.63, 3.8) is 0 Å². The lowest BCUT2D eigenvalue weighted by molar-refractivity contribution is 0.0979. The van der Waals surface area contributed by atoms with Gasteiger partial charge in [-0.3, -0.25) is 9.59 Å². The van der Waals surface area contributed by atoms with E-state index in [1.54, 1.807) is 24.3 Å². The first-order valence-corrected chi connectivity index (χ1v) is 8.20. The second kappa shape index (κ2) is 6.69. The topological polar surface area (TPSA) is 59.3 Å². The van der Waals surface area contributed by atoms with Gasteiger partial charge >= 0.3 is 0 Å². The first kappa shape index (κ1) is 15.8. The number of ketones is 1. The van der Waals surface area contributed by atoms with Gasteiger partial charge in [0, 0.05) is 11.3 Å². The highest BCUT2D eigenvalue weighted by Gasteiger charge is 2.17. The van der Waals surface area contributed by atoms with E-state index in [0.29, 0.717) is 11.3 Å². The maximum absolute atomic E-state index is 12.4. The van der Waals surface area contributed by atoms with Gasteiger partial charge in [0.25, 0.3) is 5.91 Å². The van der Waals surface area contributed by atoms with Crippen molar-refractivity contribution in [3.05, 3.63) is 102 Å². The van der Waals surface area contributed by atoms with Crippen LogP contribution in [0.25, 0.3) is 10.8 Å². The highest BCUT2D eigenvalue weighted by molar-refractivity contribution is 6.09. The second-order valence-corrected chi connectivity index (χ2v) is 5.88. The van der Waals surface area contributed by atoms with Crippen molar-refractivity contribution in [1.29, 1.82) is 0 Å². The molecule has 26 heavy (non-hydrogen) atoms. The molecule has 0 spiro atoms. The first-order chi connectivity index (χ1) is 12.7. The zero-order valence-corrected chi connectivity index (χ0v) is 13.8. The minimum absolute atomic E-state index is 0.0949. The summed E-state index contributed by atoms with van der Waals surface area (Å²) in [7, 11) is 0. The normalized spacial score (nSPS) is 10.6. The summed E-state index contributed by atoms with van der Waals surface area (Å²) >= 11 is 0. The molecule has 4 rings (SSSR count). The van der Waals surface area contributed by atoms with Crippen LogP contribution in [0.2, 0.25) is 0 Å². The van der Waals surface area contributed by atoms with Crippen LogP contribution in [0.5, 0.6) is 0 Å². The highest BCUT2D eigenvalue weighted by Crippen LogP contribution is 2.20. The molecule has 3 aromatic carbocycles. The number of furan rings is 1. The third-order valence-electron chi connectivity index (χ3n) is 4.10. The maximum Gasteiger partial charge on any atom is 0.291 e. The van der Waals surface area contributed by atoms with Crippen molar-refractivity contribution in [1.82, 2.24) is 0 Å². The third kappa shape index (κ3) is 3.13. The van der Waals surface area contributed by atoms with Gasteiger partial charge in [-0.1, -0.05) is 60.7 Å². The van der Waals surface area contributed by atoms with Crippen LogP contribution in [-0.2, 0) is 0 Å². The average molecular weight is 341 g/mol. The van der Waals surface area contributed by atoms with E-state index in [0.717, 1.165) is 10.8 Å². The Balaban J connectivity index is 1.53. The number of rotatable bonds is 4. The molecule has 0 saturated heterocycles. The summed E-state index contributed by atoms with van der Waals surface area (Å²) in [6.07, 6.45) is 0. The summed E-state index contributed by atoms with van der Waals surface area (Å²) in [5, 5.41) is 4.93. The molecule has 126 valence electrons. The number of carbonyl (C=O) groups excluding carboxylic acids is 2. The molecule has 0 atom stereocenters. The Hall–Kier alpha value is -3.66. The van der Waals surface area contributed by atoms with E-state index in [4.69, 9.17) is 4.42 Å². The molecular weight excluding hydrogens is 326 g/mol. The molecule has 0 fully saturated rings. The molecular formula is C22H15NO3. The zero-order valence-electron chi connectivity index (χ0n) is 13.8. The van der Waals surface area contributed by atoms with Crippen LogP contribution in [0, 0.1) is 0 Å². The molecule has 4 aromatic rings. The van der Waals surface area contributed by atoms with Gasteiger partial charge in [0.1, 0.15) is 0 Å². The number of hydrogen-bond donors (Lipinski definition) is 1. The highest BCUT2D eigenvalue weighted by atomic mass is 16.4. The molecule has 1 amide bonds. The average Bonchev–Trinajstić information content (AvgIpc) is 3.18. The summed E-state index contributed by atoms with van der Waals surface area (Å²) in [5.41, 5.74) is 1.18. The number of carbonyl (C=O) groups is 2. The Kier molecular flexibility index (Phi) is 4.07. The lowest BCUT2D eigenvalue weighted by Gasteiger charge is -2.05. The molecule has 0 aliphatic rings. The van der Waals surface area contributed by atoms with Crippen molar-refractivity contribution in [3.8, 4) is 0 Å². The standard InChI is InChI=1S/C22H15NO3/c24-21(16-7-2-1-3-8-16)19-12-13-20(26-19)22(25)23-18-11-10-15-6-4-5-9-17(15)14-18/h1-14H,(H,23,25). The second-order valence-electron chi connectivity index (χ2n) is 5.88. The van der Waals surface area contributed by atoms with E-state index in [1.807, 2.05) is 48.5 Å². The molecule has 0 aliphatic carbocycles. The van der Waals surface area contributed by atoms with Crippen LogP contribution in [0.4, 0.5) is 5.69 Å². The molecule has 0 bridgehead atoms. The Labute approximate surface area is 150 Å². The minimum Gasteiger partial charge on any atom is -0.447 e. The summed E-state index contributed by atoms with van der Waals surface area (Å²) in [4.78, 5) is 24.8. The molecule has 0 aliphatic heterocycles. The molecule has 1 aromatic heterocycles. The molecule has 0 saturated carbocycles. The van der Waals surface area contributed by atoms with Crippen molar-refractivity contribution in [2.24, 2.45) is 0 Å². The van der Waals surface area contributed by atoms with Gasteiger partial charge in [0.05, 0.1) is 0 Å². The van der Waals surface area contributed by atoms with Crippen molar-refractivity contribution in [2.45, 2.75) is 0 Å². The van der Waals surface area contributed by atoms with Crippen LogP contribution >= 0.6 is 0 Å². The summed E-state index contributed by atoms with van der Waals surface area (Å²) in [6, 6.07) is 25.4. The van der Waals surface area contributed by atoms with Crippen LogP contribution in [0.15, 0.2) is 89.3 Å². The van der Waals surface area contributed by atoms with E-state index >= 15 is 0 Å². The fraction of sp³-hybridized carbons (Fsp3) is 0. The monoisotopic (exact) mass is 341 g/mol. The van der Waals surface area contributed by atoms with Gasteiger partial charge in [-0.05, 0) is 35.0 Å². The Bertz CT molecular complexity index is 1100. The van der Waals surface area contributed by atoms with Crippen molar-refractivity contribution >= 4 is 28.2 Å². The number of nitrogens with one attached hydrogen (secondary N) is 1. The molecule has 1 N–H and O–H groups in total. The van der Waals surface area contributed by atoms with Crippen molar-refractivity contribution in [2.75, 3.05) is 5.32 Å². The number of anilines is 1. The largest absolute Gasteiger partial charge is 0.447 e. The number of benzene rings is 3. The summed E-state index contributed by atoms with van der Waals surface area (Å²) < 4.78 is 5.46. The van der Waals surface area contributed by atoms with Gasteiger partial charge in [-0.25, -0.2) is 0 Å². The van der Waals surface area contributed by atoms with Gasteiger partial charge in [-0.2, -0.15) is 0 Å². The quantitative estimate of drug-likeness (QED) is 0.536. The van der Waals surface area contributed by atoms with Crippen LogP contribution < -0.4 is 5.32 Å². The van der Waals surface area contributed by atoms with Crippen LogP contribution in [-0.4, -0.2) is 11.7 Å². The molecule has 4 heteroatoms. The zero-order chi connectivity index (χ0) is 17.9. The van der Waals surface area contributed by atoms with E-state index < -0.39 is 5.91 Å². The Morgan fingerprint density at radius 1 is 0.692 bits per heavy atom. The number of fused-ring (bicyclic) bond motifs is 1. The van der Waals surface area contributed by atoms with Gasteiger partial charge in [-0.15, -0.1) is 0 Å². The number of hydrogen-bond acceptors (Lipinski definition) is 3.